The summed E-state index contributed by atoms with van der Waals surface area (Å²) < 4.78 is 8.56. The fourth-order valence-electron chi connectivity index (χ4n) is 2.81. The standard InChI is InChI=1S/C12H13BrN4O/c13-10-5-14-11-3-4-12(15-17(10)11)16-6-8-1-2-9(7-16)18-8/h3-5,8-9H,1-2,6-7H2. The maximum absolute atomic E-state index is 5.85. The van der Waals surface area contributed by atoms with Crippen molar-refractivity contribution in [2.45, 2.75) is 25.0 Å². The number of fused-ring (bicyclic) bond motifs is 3. The molecule has 18 heavy (non-hydrogen) atoms. The molecule has 2 atom stereocenters. The van der Waals surface area contributed by atoms with Gasteiger partial charge in [0, 0.05) is 13.1 Å². The third kappa shape index (κ3) is 1.63. The molecule has 0 N–H and O–H groups in total. The molecule has 2 bridgehead atoms. The third-order valence-corrected chi connectivity index (χ3v) is 4.21. The molecule has 4 heterocycles. The lowest BCUT2D eigenvalue weighted by atomic mass is 10.2. The number of rotatable bonds is 1. The minimum Gasteiger partial charge on any atom is -0.371 e. The molecule has 2 fully saturated rings. The van der Waals surface area contributed by atoms with Gasteiger partial charge in [-0.1, -0.05) is 0 Å². The van der Waals surface area contributed by atoms with E-state index in [1.165, 1.54) is 12.8 Å². The Hall–Kier alpha value is -1.14. The molecule has 4 rings (SSSR count). The predicted molar refractivity (Wildman–Crippen MR) is 70.8 cm³/mol. The lowest BCUT2D eigenvalue weighted by Crippen LogP contribution is -2.43. The van der Waals surface area contributed by atoms with E-state index in [1.54, 1.807) is 6.20 Å². The summed E-state index contributed by atoms with van der Waals surface area (Å²) in [7, 11) is 0. The molecule has 2 aliphatic heterocycles. The second-order valence-corrected chi connectivity index (χ2v) is 5.72. The van der Waals surface area contributed by atoms with E-state index in [1.807, 2.05) is 16.6 Å². The molecule has 6 heteroatoms. The van der Waals surface area contributed by atoms with Gasteiger partial charge in [0.2, 0.25) is 0 Å². The van der Waals surface area contributed by atoms with Crippen molar-refractivity contribution < 1.29 is 4.74 Å². The first kappa shape index (κ1) is 10.8. The van der Waals surface area contributed by atoms with Crippen LogP contribution in [0.1, 0.15) is 12.8 Å². The topological polar surface area (TPSA) is 42.7 Å². The lowest BCUT2D eigenvalue weighted by Gasteiger charge is -2.32. The van der Waals surface area contributed by atoms with Crippen molar-refractivity contribution in [1.29, 1.82) is 0 Å². The zero-order valence-corrected chi connectivity index (χ0v) is 11.4. The van der Waals surface area contributed by atoms with Crippen LogP contribution in [0.15, 0.2) is 22.9 Å². The van der Waals surface area contributed by atoms with Crippen LogP contribution < -0.4 is 4.90 Å². The number of hydrogen-bond acceptors (Lipinski definition) is 4. The molecule has 0 spiro atoms. The molecule has 2 aromatic heterocycles. The predicted octanol–water partition coefficient (Wildman–Crippen LogP) is 1.86. The smallest absolute Gasteiger partial charge is 0.154 e. The van der Waals surface area contributed by atoms with E-state index in [0.717, 1.165) is 29.2 Å². The van der Waals surface area contributed by atoms with E-state index in [4.69, 9.17) is 4.74 Å². The Morgan fingerprint density at radius 3 is 2.78 bits per heavy atom. The number of ether oxygens (including phenoxy) is 1. The Labute approximate surface area is 113 Å². The van der Waals surface area contributed by atoms with Crippen LogP contribution in [-0.2, 0) is 4.74 Å². The number of imidazole rings is 1. The van der Waals surface area contributed by atoms with Gasteiger partial charge in [-0.05, 0) is 40.9 Å². The Balaban J connectivity index is 1.71. The minimum atomic E-state index is 0.382. The Morgan fingerprint density at radius 2 is 2.00 bits per heavy atom. The van der Waals surface area contributed by atoms with Gasteiger partial charge in [-0.25, -0.2) is 9.50 Å². The number of nitrogens with zero attached hydrogens (tertiary/aromatic N) is 4. The molecular formula is C12H13BrN4O. The van der Waals surface area contributed by atoms with E-state index in [-0.39, 0.29) is 0 Å². The first-order valence-electron chi connectivity index (χ1n) is 6.20. The maximum atomic E-state index is 5.85. The highest BCUT2D eigenvalue weighted by atomic mass is 79.9. The van der Waals surface area contributed by atoms with Crippen LogP contribution in [0.3, 0.4) is 0 Å². The Morgan fingerprint density at radius 1 is 1.22 bits per heavy atom. The Kier molecular flexibility index (Phi) is 2.35. The van der Waals surface area contributed by atoms with Crippen LogP contribution in [0.2, 0.25) is 0 Å². The van der Waals surface area contributed by atoms with Crippen LogP contribution in [0.25, 0.3) is 5.65 Å². The second kappa shape index (κ2) is 3.93. The molecule has 0 radical (unpaired) electrons. The van der Waals surface area contributed by atoms with Gasteiger partial charge >= 0.3 is 0 Å². The highest BCUT2D eigenvalue weighted by molar-refractivity contribution is 9.10. The molecule has 5 nitrogen and oxygen atoms in total. The van der Waals surface area contributed by atoms with Crippen LogP contribution in [0.4, 0.5) is 5.82 Å². The molecule has 2 aliphatic rings. The molecule has 2 saturated heterocycles. The Bertz CT molecular complexity index is 587. The molecule has 2 aromatic rings. The van der Waals surface area contributed by atoms with Gasteiger partial charge in [0.25, 0.3) is 0 Å². The molecule has 2 unspecified atom stereocenters. The summed E-state index contributed by atoms with van der Waals surface area (Å²) in [6, 6.07) is 4.05. The molecule has 0 aliphatic carbocycles. The van der Waals surface area contributed by atoms with Crippen LogP contribution in [0, 0.1) is 0 Å². The van der Waals surface area contributed by atoms with E-state index >= 15 is 0 Å². The molecule has 0 amide bonds. The molecule has 0 aromatic carbocycles. The first-order valence-corrected chi connectivity index (χ1v) is 6.99. The number of halogens is 1. The van der Waals surface area contributed by atoms with Crippen LogP contribution in [0.5, 0.6) is 0 Å². The quantitative estimate of drug-likeness (QED) is 0.806. The van der Waals surface area contributed by atoms with Gasteiger partial charge in [0.05, 0.1) is 18.4 Å². The van der Waals surface area contributed by atoms with E-state index in [9.17, 15) is 0 Å². The van der Waals surface area contributed by atoms with Crippen LogP contribution >= 0.6 is 15.9 Å². The first-order chi connectivity index (χ1) is 8.79. The van der Waals surface area contributed by atoms with Crippen molar-refractivity contribution in [2.75, 3.05) is 18.0 Å². The van der Waals surface area contributed by atoms with E-state index in [2.05, 4.69) is 30.9 Å². The fraction of sp³-hybridized carbons (Fsp3) is 0.500. The summed E-state index contributed by atoms with van der Waals surface area (Å²) in [6.45, 7) is 1.89. The summed E-state index contributed by atoms with van der Waals surface area (Å²) in [4.78, 5) is 6.57. The molecule has 94 valence electrons. The summed E-state index contributed by atoms with van der Waals surface area (Å²) in [6.07, 6.45) is 4.89. The zero-order valence-electron chi connectivity index (χ0n) is 9.79. The van der Waals surface area contributed by atoms with Crippen LogP contribution in [-0.4, -0.2) is 39.9 Å². The summed E-state index contributed by atoms with van der Waals surface area (Å²) in [5.74, 6) is 1.00. The number of anilines is 1. The van der Waals surface area contributed by atoms with Gasteiger partial charge in [-0.15, -0.1) is 5.10 Å². The average molecular weight is 309 g/mol. The number of aromatic nitrogens is 3. The lowest BCUT2D eigenvalue weighted by molar-refractivity contribution is 0.0301. The number of morpholine rings is 1. The highest BCUT2D eigenvalue weighted by Gasteiger charge is 2.34. The van der Waals surface area contributed by atoms with Gasteiger partial charge < -0.3 is 9.64 Å². The van der Waals surface area contributed by atoms with E-state index in [0.29, 0.717) is 12.2 Å². The van der Waals surface area contributed by atoms with Crippen molar-refractivity contribution in [3.8, 4) is 0 Å². The maximum Gasteiger partial charge on any atom is 0.154 e. The monoisotopic (exact) mass is 308 g/mol. The fourth-order valence-corrected chi connectivity index (χ4v) is 3.17. The van der Waals surface area contributed by atoms with Crippen molar-refractivity contribution in [1.82, 2.24) is 14.6 Å². The summed E-state index contributed by atoms with van der Waals surface area (Å²) >= 11 is 3.46. The van der Waals surface area contributed by atoms with Crippen molar-refractivity contribution in [2.24, 2.45) is 0 Å². The molecule has 0 saturated carbocycles. The van der Waals surface area contributed by atoms with Gasteiger partial charge in [0.15, 0.2) is 5.65 Å². The van der Waals surface area contributed by atoms with Crippen molar-refractivity contribution in [3.63, 3.8) is 0 Å². The van der Waals surface area contributed by atoms with Gasteiger partial charge in [-0.2, -0.15) is 0 Å². The van der Waals surface area contributed by atoms with E-state index < -0.39 is 0 Å². The summed E-state index contributed by atoms with van der Waals surface area (Å²) in [5.41, 5.74) is 0.863. The normalized spacial score (nSPS) is 27.1. The number of hydrogen-bond donors (Lipinski definition) is 0. The molecular weight excluding hydrogens is 296 g/mol. The largest absolute Gasteiger partial charge is 0.371 e. The second-order valence-electron chi connectivity index (χ2n) is 4.90. The minimum absolute atomic E-state index is 0.382. The highest BCUT2D eigenvalue weighted by Crippen LogP contribution is 2.29. The van der Waals surface area contributed by atoms with Crippen molar-refractivity contribution >= 4 is 27.4 Å². The third-order valence-electron chi connectivity index (χ3n) is 3.67. The summed E-state index contributed by atoms with van der Waals surface area (Å²) in [5, 5.41) is 4.63. The zero-order chi connectivity index (χ0) is 12.1. The van der Waals surface area contributed by atoms with Gasteiger partial charge in [-0.3, -0.25) is 0 Å². The average Bonchev–Trinajstić information content (AvgIpc) is 2.93. The SMILES string of the molecule is Brc1cnc2ccc(N3CC4CCC(C3)O4)nn12. The van der Waals surface area contributed by atoms with Crippen molar-refractivity contribution in [3.05, 3.63) is 22.9 Å². The van der Waals surface area contributed by atoms with Gasteiger partial charge in [0.1, 0.15) is 10.4 Å².